The third-order valence-electron chi connectivity index (χ3n) is 35.5. The summed E-state index contributed by atoms with van der Waals surface area (Å²) in [6, 6.07) is 126. The Bertz CT molecular complexity index is 9820. The van der Waals surface area contributed by atoms with Crippen molar-refractivity contribution < 1.29 is 0 Å². The summed E-state index contributed by atoms with van der Waals surface area (Å²) in [4.78, 5) is 0. The summed E-state index contributed by atoms with van der Waals surface area (Å²) in [6.45, 7) is 49.5. The number of nitrogens with zero attached hydrogens (tertiary/aromatic N) is 3. The molecule has 144 heavy (non-hydrogen) atoms. The van der Waals surface area contributed by atoms with Crippen molar-refractivity contribution in [3.63, 3.8) is 0 Å². The van der Waals surface area contributed by atoms with Crippen LogP contribution in [0.4, 0.5) is 0 Å². The van der Waals surface area contributed by atoms with Gasteiger partial charge in [-0.1, -0.05) is 406 Å². The van der Waals surface area contributed by atoms with Gasteiger partial charge in [0.2, 0.25) is 0 Å². The molecule has 24 aromatic rings. The van der Waals surface area contributed by atoms with Gasteiger partial charge in [-0.05, 0) is 315 Å². The first-order chi connectivity index (χ1) is 69.2. The molecule has 0 aliphatic carbocycles. The van der Waals surface area contributed by atoms with Gasteiger partial charge < -0.3 is 13.7 Å². The number of para-hydroxylation sites is 3. The van der Waals surface area contributed by atoms with Gasteiger partial charge in [-0.15, -0.1) is 0 Å². The smallest absolute Gasteiger partial charge is 0.0582 e. The number of hydrogen-bond acceptors (Lipinski definition) is 0. The van der Waals surface area contributed by atoms with E-state index in [1.54, 1.807) is 0 Å². The predicted octanol–water partition coefficient (Wildman–Crippen LogP) is 37.9. The second-order valence-corrected chi connectivity index (χ2v) is 46.9. The van der Waals surface area contributed by atoms with Crippen LogP contribution in [0.15, 0.2) is 328 Å². The third kappa shape index (κ3) is 11.5. The lowest BCUT2D eigenvalue weighted by atomic mass is 9.67. The lowest BCUT2D eigenvalue weighted by Crippen LogP contribution is -2.33. The molecule has 30 rings (SSSR count). The van der Waals surface area contributed by atoms with Crippen molar-refractivity contribution in [3.05, 3.63) is 444 Å². The molecule has 0 radical (unpaired) electrons. The molecule has 0 spiro atoms. The standard InChI is InChI=1S/C48H41N.C47H39N.C46H37N/c1-26-15-17-33-34(18-26)42(30-12-10-9-11-13-30)32-16-14-27(2)19-35(32)43(33)31-24-40-46-41(25-31)48(7,8)39-23-29(4)21-37-36-20-28(3)22-38(47(40,5)6)44(36)49(46)45(37)39;1-26-17-19-32-34(20-26)41(29-12-9-8-10-13-29)31-18-16-27(2)21-35(31)42(32)30-24-39-45-40(25-30)47(6,7)38-23-28(3)22-36-33-14-11-15-37(46(39,4)5)43(33)48(45)44(36)38;1-26-19-21-31-34(22-26)40(28-12-8-7-9-13-28)30-20-18-27(2)23-35(30)41(31)29-24-38-44-39(25-29)46(5,6)37-17-11-15-33-32-14-10-16-36(45(38,3)4)42(32)47(44)43(33)37/h9-25H,1-8H3;8-25H,1-7H3;7-25H,1-6H3. The number of benzene rings is 21. The van der Waals surface area contributed by atoms with Crippen LogP contribution in [0.5, 0.6) is 0 Å². The molecule has 0 fully saturated rings. The lowest BCUT2D eigenvalue weighted by molar-refractivity contribution is 0.593. The zero-order chi connectivity index (χ0) is 98.6. The SMILES string of the molecule is Cc1ccc2c(-c3cc4c5c(c3)C(C)(C)c3cc(C)cc6c7cc(C)cc(c7n-5c36)C4(C)C)c3cc(C)ccc3c(-c3ccccc3)c2c1.Cc1ccc2c(-c3cc4c5c(c3)C(C)(C)c3cc(C)cc6c7cccc(c7n-5c36)C4(C)C)c3cc(C)ccc3c(-c3ccccc3)c2c1.Cc1ccc2c(-c3cc4c5c(c3)C(C)(C)c3cccc6c7cccc(c7n-5c36)C4(C)C)c3cc(C)ccc3c(-c3ccccc3)c2c1. The molecule has 0 bridgehead atoms. The lowest BCUT2D eigenvalue weighted by Gasteiger charge is -2.43. The Morgan fingerprint density at radius 2 is 0.319 bits per heavy atom. The van der Waals surface area contributed by atoms with Gasteiger partial charge in [0, 0.05) is 64.8 Å². The van der Waals surface area contributed by atoms with Crippen molar-refractivity contribution in [1.29, 1.82) is 0 Å². The molecule has 21 aromatic carbocycles. The average Bonchev–Trinajstić information content (AvgIpc) is 1.45. The summed E-state index contributed by atoms with van der Waals surface area (Å²) in [6.07, 6.45) is 0. The number of aryl methyl sites for hydroxylation is 9. The molecular weight excluding hydrogens is 1740 g/mol. The van der Waals surface area contributed by atoms with E-state index >= 15 is 0 Å². The van der Waals surface area contributed by atoms with Crippen molar-refractivity contribution in [3.8, 4) is 83.8 Å². The number of rotatable bonds is 6. The fourth-order valence-electron chi connectivity index (χ4n) is 28.5. The molecule has 0 saturated heterocycles. The minimum absolute atomic E-state index is 0.167. The van der Waals surface area contributed by atoms with Gasteiger partial charge in [0.25, 0.3) is 0 Å². The third-order valence-corrected chi connectivity index (χ3v) is 35.5. The highest BCUT2D eigenvalue weighted by Crippen LogP contribution is 2.64. The first-order valence-corrected chi connectivity index (χ1v) is 52.1. The Morgan fingerprint density at radius 3 is 0.549 bits per heavy atom. The minimum atomic E-state index is -0.181. The van der Waals surface area contributed by atoms with Crippen LogP contribution in [0, 0.1) is 62.3 Å². The van der Waals surface area contributed by atoms with Crippen molar-refractivity contribution in [2.75, 3.05) is 0 Å². The van der Waals surface area contributed by atoms with E-state index in [1.165, 1.54) is 331 Å². The van der Waals surface area contributed by atoms with Gasteiger partial charge in [-0.25, -0.2) is 0 Å². The predicted molar refractivity (Wildman–Crippen MR) is 615 cm³/mol. The van der Waals surface area contributed by atoms with Gasteiger partial charge in [-0.3, -0.25) is 0 Å². The molecule has 3 nitrogen and oxygen atoms in total. The molecule has 6 aliphatic rings. The van der Waals surface area contributed by atoms with Gasteiger partial charge in [-0.2, -0.15) is 0 Å². The molecule has 9 heterocycles. The van der Waals surface area contributed by atoms with E-state index in [0.29, 0.717) is 0 Å². The van der Waals surface area contributed by atoms with Crippen molar-refractivity contribution >= 4 is 130 Å². The molecule has 0 atom stereocenters. The van der Waals surface area contributed by atoms with Crippen LogP contribution < -0.4 is 0 Å². The fraction of sp³-hybridized carbons (Fsp3) is 0.191. The van der Waals surface area contributed by atoms with E-state index in [1.807, 2.05) is 0 Å². The molecule has 0 amide bonds. The number of hydrogen-bond donors (Lipinski definition) is 0. The normalized spacial score (nSPS) is 15.3. The van der Waals surface area contributed by atoms with Gasteiger partial charge in [0.05, 0.1) is 50.2 Å². The van der Waals surface area contributed by atoms with Crippen LogP contribution in [0.2, 0.25) is 0 Å². The molecule has 0 unspecified atom stereocenters. The highest BCUT2D eigenvalue weighted by atomic mass is 15.0. The summed E-state index contributed by atoms with van der Waals surface area (Å²) >= 11 is 0. The molecule has 3 aromatic heterocycles. The van der Waals surface area contributed by atoms with E-state index in [0.717, 1.165) is 0 Å². The highest BCUT2D eigenvalue weighted by Gasteiger charge is 2.49. The van der Waals surface area contributed by atoms with E-state index in [4.69, 9.17) is 0 Å². The summed E-state index contributed by atoms with van der Waals surface area (Å²) in [5.41, 5.74) is 55.9. The largest absolute Gasteiger partial charge is 0.308 e. The van der Waals surface area contributed by atoms with Crippen LogP contribution in [0.3, 0.4) is 0 Å². The Hall–Kier alpha value is -15.4. The summed E-state index contributed by atoms with van der Waals surface area (Å²) in [5.74, 6) is 0. The van der Waals surface area contributed by atoms with Crippen molar-refractivity contribution in [1.82, 2.24) is 13.7 Å². The Labute approximate surface area is 843 Å². The summed E-state index contributed by atoms with van der Waals surface area (Å²) in [5, 5.41) is 24.1. The van der Waals surface area contributed by atoms with Crippen LogP contribution in [-0.2, 0) is 32.5 Å². The molecule has 0 N–H and O–H groups in total. The van der Waals surface area contributed by atoms with Crippen molar-refractivity contribution in [2.24, 2.45) is 0 Å². The molecule has 696 valence electrons. The minimum Gasteiger partial charge on any atom is -0.308 e. The maximum absolute atomic E-state index is 2.65. The van der Waals surface area contributed by atoms with E-state index < -0.39 is 0 Å². The van der Waals surface area contributed by atoms with Crippen LogP contribution in [-0.4, -0.2) is 13.7 Å². The van der Waals surface area contributed by atoms with Crippen LogP contribution in [0.25, 0.3) is 214 Å². The number of fused-ring (bicyclic) bond motifs is 9. The topological polar surface area (TPSA) is 14.8 Å². The molecule has 6 aliphatic heterocycles. The van der Waals surface area contributed by atoms with Crippen LogP contribution in [0.1, 0.15) is 200 Å². The second kappa shape index (κ2) is 29.4. The second-order valence-electron chi connectivity index (χ2n) is 46.9. The maximum atomic E-state index is 2.65. The quantitative estimate of drug-likeness (QED) is 0.147. The first kappa shape index (κ1) is 86.5. The monoisotopic (exact) mass is 1850 g/mol. The van der Waals surface area contributed by atoms with Crippen LogP contribution >= 0.6 is 0 Å². The fourth-order valence-corrected chi connectivity index (χ4v) is 28.5. The Morgan fingerprint density at radius 1 is 0.132 bits per heavy atom. The molecule has 3 heteroatoms. The molecular formula is C141H117N3. The maximum Gasteiger partial charge on any atom is 0.0582 e. The van der Waals surface area contributed by atoms with Gasteiger partial charge in [0.1, 0.15) is 0 Å². The molecule has 0 saturated carbocycles. The van der Waals surface area contributed by atoms with Gasteiger partial charge in [0.15, 0.2) is 0 Å². The van der Waals surface area contributed by atoms with E-state index in [9.17, 15) is 0 Å². The first-order valence-electron chi connectivity index (χ1n) is 52.1. The zero-order valence-electron chi connectivity index (χ0n) is 86.5. The Kier molecular flexibility index (Phi) is 17.7. The van der Waals surface area contributed by atoms with E-state index in [2.05, 4.69) is 487 Å². The van der Waals surface area contributed by atoms with E-state index in [-0.39, 0.29) is 32.5 Å². The zero-order valence-corrected chi connectivity index (χ0v) is 86.5. The van der Waals surface area contributed by atoms with Crippen molar-refractivity contribution in [2.45, 2.75) is 178 Å². The highest BCUT2D eigenvalue weighted by molar-refractivity contribution is 6.27. The van der Waals surface area contributed by atoms with Gasteiger partial charge >= 0.3 is 0 Å². The Balaban J connectivity index is 0.000000105. The average molecular weight is 1850 g/mol. The number of aromatic nitrogens is 3. The summed E-state index contributed by atoms with van der Waals surface area (Å²) in [7, 11) is 0. The summed E-state index contributed by atoms with van der Waals surface area (Å²) < 4.78 is 7.92.